The van der Waals surface area contributed by atoms with E-state index in [2.05, 4.69) is 10.4 Å². The molecule has 1 aromatic heterocycles. The fourth-order valence-electron chi connectivity index (χ4n) is 3.87. The highest BCUT2D eigenvalue weighted by Crippen LogP contribution is 2.41. The number of hydrogen-bond donors (Lipinski definition) is 2. The van der Waals surface area contributed by atoms with Crippen LogP contribution < -0.4 is 11.1 Å². The zero-order valence-electron chi connectivity index (χ0n) is 14.4. The quantitative estimate of drug-likeness (QED) is 0.835. The molecule has 2 aliphatic rings. The molecule has 0 amide bonds. The Labute approximate surface area is 145 Å². The lowest BCUT2D eigenvalue weighted by molar-refractivity contribution is 0.0785. The molecule has 5 nitrogen and oxygen atoms in total. The summed E-state index contributed by atoms with van der Waals surface area (Å²) >= 11 is 0. The Bertz CT molecular complexity index is 915. The number of anilines is 2. The van der Waals surface area contributed by atoms with Crippen LogP contribution in [0.5, 0.6) is 0 Å². The van der Waals surface area contributed by atoms with Crippen LogP contribution in [0.15, 0.2) is 18.2 Å². The average Bonchev–Trinajstić information content (AvgIpc) is 2.92. The van der Waals surface area contributed by atoms with Gasteiger partial charge in [-0.1, -0.05) is 12.2 Å². The van der Waals surface area contributed by atoms with Gasteiger partial charge in [-0.3, -0.25) is 4.79 Å². The monoisotopic (exact) mass is 340 g/mol. The summed E-state index contributed by atoms with van der Waals surface area (Å²) in [5.74, 6) is -0.180. The maximum Gasteiger partial charge on any atom is 0.259 e. The number of nitrogen functional groups attached to an aromatic ring is 1. The molecular formula is C19H21FN4O. The van der Waals surface area contributed by atoms with E-state index in [0.717, 1.165) is 35.3 Å². The van der Waals surface area contributed by atoms with Crippen LogP contribution in [0.1, 0.15) is 46.9 Å². The zero-order valence-corrected chi connectivity index (χ0v) is 14.4. The Kier molecular flexibility index (Phi) is 3.45. The zero-order chi connectivity index (χ0) is 17.8. The second-order valence-corrected chi connectivity index (χ2v) is 7.06. The van der Waals surface area contributed by atoms with Crippen molar-refractivity contribution in [2.24, 2.45) is 0 Å². The predicted octanol–water partition coefficient (Wildman–Crippen LogP) is 3.29. The molecule has 0 bridgehead atoms. The van der Waals surface area contributed by atoms with E-state index in [1.807, 2.05) is 26.0 Å². The van der Waals surface area contributed by atoms with E-state index in [1.165, 1.54) is 16.8 Å². The first-order valence-electron chi connectivity index (χ1n) is 8.55. The first-order valence-corrected chi connectivity index (χ1v) is 8.55. The van der Waals surface area contributed by atoms with Gasteiger partial charge in [0.25, 0.3) is 5.91 Å². The van der Waals surface area contributed by atoms with Crippen LogP contribution in [-0.2, 0) is 11.8 Å². The fourth-order valence-corrected chi connectivity index (χ4v) is 3.87. The molecular weight excluding hydrogens is 319 g/mol. The number of carbonyl (C=O) groups excluding carboxylic acids is 1. The normalized spacial score (nSPS) is 21.4. The molecule has 0 spiro atoms. The molecule has 130 valence electrons. The van der Waals surface area contributed by atoms with Gasteiger partial charge in [0.15, 0.2) is 0 Å². The Balaban J connectivity index is 1.85. The number of carbonyl (C=O) groups is 1. The number of fused-ring (bicyclic) bond motifs is 2. The number of aromatic nitrogens is 2. The van der Waals surface area contributed by atoms with Crippen LogP contribution in [0.3, 0.4) is 0 Å². The highest BCUT2D eigenvalue weighted by Gasteiger charge is 2.42. The third-order valence-corrected chi connectivity index (χ3v) is 5.35. The molecule has 1 atom stereocenters. The molecule has 1 aromatic carbocycles. The Hall–Kier alpha value is -2.63. The molecule has 0 radical (unpaired) electrons. The molecule has 1 aliphatic carbocycles. The second-order valence-electron chi connectivity index (χ2n) is 7.06. The van der Waals surface area contributed by atoms with E-state index in [1.54, 1.807) is 0 Å². The third-order valence-electron chi connectivity index (χ3n) is 5.35. The summed E-state index contributed by atoms with van der Waals surface area (Å²) in [7, 11) is 0. The van der Waals surface area contributed by atoms with Crippen LogP contribution in [0.2, 0.25) is 0 Å². The minimum Gasteiger partial charge on any atom is -0.385 e. The number of benzene rings is 1. The smallest absolute Gasteiger partial charge is 0.259 e. The number of aryl methyl sites for hydroxylation is 2. The van der Waals surface area contributed by atoms with Crippen molar-refractivity contribution in [2.75, 3.05) is 17.6 Å². The van der Waals surface area contributed by atoms with Gasteiger partial charge in [-0.25, -0.2) is 4.39 Å². The Morgan fingerprint density at radius 2 is 2.24 bits per heavy atom. The molecule has 2 heterocycles. The number of allylic oxidation sites excluding steroid dienone is 1. The van der Waals surface area contributed by atoms with Gasteiger partial charge >= 0.3 is 0 Å². The largest absolute Gasteiger partial charge is 0.385 e. The van der Waals surface area contributed by atoms with Gasteiger partial charge in [0.1, 0.15) is 11.6 Å². The van der Waals surface area contributed by atoms with Crippen LogP contribution in [0.25, 0.3) is 6.08 Å². The molecule has 2 aromatic rings. The van der Waals surface area contributed by atoms with Crippen LogP contribution in [-0.4, -0.2) is 22.2 Å². The maximum atomic E-state index is 14.0. The van der Waals surface area contributed by atoms with Gasteiger partial charge in [0.2, 0.25) is 0 Å². The molecule has 1 unspecified atom stereocenters. The molecule has 0 fully saturated rings. The summed E-state index contributed by atoms with van der Waals surface area (Å²) in [6.07, 6.45) is 6.19. The topological polar surface area (TPSA) is 72.9 Å². The van der Waals surface area contributed by atoms with Crippen molar-refractivity contribution in [1.82, 2.24) is 9.78 Å². The first kappa shape index (κ1) is 15.9. The van der Waals surface area contributed by atoms with Gasteiger partial charge in [-0.15, -0.1) is 0 Å². The van der Waals surface area contributed by atoms with Crippen molar-refractivity contribution < 1.29 is 9.18 Å². The minimum absolute atomic E-state index is 0.208. The number of rotatable bonds is 1. The lowest BCUT2D eigenvalue weighted by atomic mass is 9.75. The summed E-state index contributed by atoms with van der Waals surface area (Å²) in [4.78, 5) is 13.4. The van der Waals surface area contributed by atoms with Crippen molar-refractivity contribution in [2.45, 2.75) is 38.5 Å². The molecule has 25 heavy (non-hydrogen) atoms. The van der Waals surface area contributed by atoms with Crippen molar-refractivity contribution in [3.05, 3.63) is 46.4 Å². The number of nitrogens with two attached hydrogens (primary N) is 1. The summed E-state index contributed by atoms with van der Waals surface area (Å²) < 4.78 is 15.3. The SMILES string of the molecule is Cc1cc(F)cc2c1NCCC2(C)C(=O)n1nc2c(c1N)C=CCC2. The van der Waals surface area contributed by atoms with E-state index in [0.29, 0.717) is 24.3 Å². The molecule has 0 saturated carbocycles. The van der Waals surface area contributed by atoms with Gasteiger partial charge in [0, 0.05) is 17.8 Å². The van der Waals surface area contributed by atoms with E-state index in [4.69, 9.17) is 5.73 Å². The standard InChI is InChI=1S/C19H21FN4O/c1-11-9-12(20)10-14-16(11)22-8-7-19(14,2)18(25)24-17(21)13-5-3-4-6-15(13)23-24/h3,5,9-10,22H,4,6-8,21H2,1-2H3. The Morgan fingerprint density at radius 3 is 3.00 bits per heavy atom. The van der Waals surface area contributed by atoms with Gasteiger partial charge in [-0.2, -0.15) is 9.78 Å². The number of nitrogens with zero attached hydrogens (tertiary/aromatic N) is 2. The highest BCUT2D eigenvalue weighted by atomic mass is 19.1. The van der Waals surface area contributed by atoms with Crippen LogP contribution in [0, 0.1) is 12.7 Å². The highest BCUT2D eigenvalue weighted by molar-refractivity contribution is 5.95. The lowest BCUT2D eigenvalue weighted by Gasteiger charge is -2.35. The fraction of sp³-hybridized carbons (Fsp3) is 0.368. The van der Waals surface area contributed by atoms with E-state index >= 15 is 0 Å². The molecule has 1 aliphatic heterocycles. The van der Waals surface area contributed by atoms with E-state index in [9.17, 15) is 9.18 Å². The van der Waals surface area contributed by atoms with E-state index in [-0.39, 0.29) is 11.7 Å². The predicted molar refractivity (Wildman–Crippen MR) is 96.2 cm³/mol. The van der Waals surface area contributed by atoms with Crippen molar-refractivity contribution in [3.8, 4) is 0 Å². The van der Waals surface area contributed by atoms with Gasteiger partial charge in [0.05, 0.1) is 11.1 Å². The van der Waals surface area contributed by atoms with Gasteiger partial charge in [-0.05, 0) is 56.4 Å². The minimum atomic E-state index is -0.875. The van der Waals surface area contributed by atoms with Crippen molar-refractivity contribution in [1.29, 1.82) is 0 Å². The summed E-state index contributed by atoms with van der Waals surface area (Å²) in [5.41, 5.74) is 9.31. The average molecular weight is 340 g/mol. The second kappa shape index (κ2) is 5.44. The number of hydrogen-bond acceptors (Lipinski definition) is 4. The van der Waals surface area contributed by atoms with E-state index < -0.39 is 5.41 Å². The van der Waals surface area contributed by atoms with Crippen molar-refractivity contribution in [3.63, 3.8) is 0 Å². The summed E-state index contributed by atoms with van der Waals surface area (Å²) in [6, 6.07) is 2.93. The van der Waals surface area contributed by atoms with Crippen molar-refractivity contribution >= 4 is 23.5 Å². The molecule has 6 heteroatoms. The number of halogens is 1. The lowest BCUT2D eigenvalue weighted by Crippen LogP contribution is -2.42. The van der Waals surface area contributed by atoms with Crippen LogP contribution >= 0.6 is 0 Å². The Morgan fingerprint density at radius 1 is 1.44 bits per heavy atom. The summed E-state index contributed by atoms with van der Waals surface area (Å²) in [6.45, 7) is 4.34. The summed E-state index contributed by atoms with van der Waals surface area (Å²) in [5, 5.41) is 7.76. The molecule has 4 rings (SSSR count). The molecule has 3 N–H and O–H groups in total. The first-order chi connectivity index (χ1) is 11.9. The molecule has 0 saturated heterocycles. The third kappa shape index (κ3) is 2.27. The number of nitrogens with one attached hydrogen (secondary N) is 1. The maximum absolute atomic E-state index is 14.0. The van der Waals surface area contributed by atoms with Gasteiger partial charge < -0.3 is 11.1 Å². The van der Waals surface area contributed by atoms with Crippen LogP contribution in [0.4, 0.5) is 15.9 Å².